The Bertz CT molecular complexity index is 454. The number of rotatable bonds is 8. The van der Waals surface area contributed by atoms with Gasteiger partial charge in [0.25, 0.3) is 0 Å². The summed E-state index contributed by atoms with van der Waals surface area (Å²) in [4.78, 5) is 23.0. The molecule has 0 heterocycles. The first-order chi connectivity index (χ1) is 9.60. The number of ether oxygens (including phenoxy) is 1. The molecule has 0 spiro atoms. The van der Waals surface area contributed by atoms with E-state index in [0.29, 0.717) is 12.5 Å². The summed E-state index contributed by atoms with van der Waals surface area (Å²) in [7, 11) is 0. The molecule has 1 aromatic rings. The average Bonchev–Trinajstić information content (AvgIpc) is 2.47. The van der Waals surface area contributed by atoms with Gasteiger partial charge in [0.1, 0.15) is 0 Å². The maximum absolute atomic E-state index is 12.0. The molecule has 110 valence electrons. The second kappa shape index (κ2) is 8.35. The molecular formula is C16H22O4. The lowest BCUT2D eigenvalue weighted by molar-refractivity contribution is 0.0420. The highest BCUT2D eigenvalue weighted by Crippen LogP contribution is 2.15. The number of carboxylic acid groups (broad SMARTS) is 1. The van der Waals surface area contributed by atoms with Crippen molar-refractivity contribution in [2.45, 2.75) is 39.5 Å². The van der Waals surface area contributed by atoms with Gasteiger partial charge in [-0.3, -0.25) is 0 Å². The molecule has 0 unspecified atom stereocenters. The van der Waals surface area contributed by atoms with Crippen LogP contribution in [-0.2, 0) is 4.74 Å². The molecule has 20 heavy (non-hydrogen) atoms. The third kappa shape index (κ3) is 4.68. The summed E-state index contributed by atoms with van der Waals surface area (Å²) >= 11 is 0. The third-order valence-electron chi connectivity index (χ3n) is 3.37. The number of hydrogen-bond acceptors (Lipinski definition) is 3. The molecule has 0 aliphatic carbocycles. The quantitative estimate of drug-likeness (QED) is 0.735. The molecule has 0 radical (unpaired) electrons. The van der Waals surface area contributed by atoms with E-state index < -0.39 is 11.9 Å². The maximum atomic E-state index is 12.0. The van der Waals surface area contributed by atoms with E-state index in [1.807, 2.05) is 0 Å². The molecular weight excluding hydrogens is 256 g/mol. The van der Waals surface area contributed by atoms with Gasteiger partial charge in [-0.15, -0.1) is 0 Å². The number of carbonyl (C=O) groups excluding carboxylic acids is 1. The van der Waals surface area contributed by atoms with E-state index in [4.69, 9.17) is 9.84 Å². The first-order valence-corrected chi connectivity index (χ1v) is 7.09. The normalized spacial score (nSPS) is 11.9. The molecule has 1 rings (SSSR count). The van der Waals surface area contributed by atoms with E-state index in [1.54, 1.807) is 12.1 Å². The van der Waals surface area contributed by atoms with Crippen molar-refractivity contribution in [3.05, 3.63) is 35.4 Å². The smallest absolute Gasteiger partial charge is 0.339 e. The molecule has 1 aromatic carbocycles. The Labute approximate surface area is 119 Å². The standard InChI is InChI=1S/C16H22O4/c1-3-5-8-12(4-2)11-20-16(19)14-10-7-6-9-13(14)15(17)18/h6-7,9-10,12H,3-5,8,11H2,1-2H3,(H,17,18)/t12-/m1/s1. The van der Waals surface area contributed by atoms with Crippen molar-refractivity contribution in [1.29, 1.82) is 0 Å². The lowest BCUT2D eigenvalue weighted by Crippen LogP contribution is -2.16. The van der Waals surface area contributed by atoms with Crippen molar-refractivity contribution >= 4 is 11.9 Å². The Hall–Kier alpha value is -1.84. The molecule has 1 N–H and O–H groups in total. The third-order valence-corrected chi connectivity index (χ3v) is 3.37. The number of esters is 1. The molecule has 0 saturated heterocycles. The lowest BCUT2D eigenvalue weighted by atomic mass is 10.0. The van der Waals surface area contributed by atoms with Crippen molar-refractivity contribution in [3.63, 3.8) is 0 Å². The van der Waals surface area contributed by atoms with Gasteiger partial charge in [0.05, 0.1) is 17.7 Å². The highest BCUT2D eigenvalue weighted by molar-refractivity contribution is 6.02. The molecule has 0 fully saturated rings. The van der Waals surface area contributed by atoms with Gasteiger partial charge in [-0.05, 0) is 24.5 Å². The van der Waals surface area contributed by atoms with E-state index in [-0.39, 0.29) is 11.1 Å². The van der Waals surface area contributed by atoms with E-state index >= 15 is 0 Å². The molecule has 1 atom stereocenters. The van der Waals surface area contributed by atoms with Crippen LogP contribution in [0.1, 0.15) is 60.2 Å². The fraction of sp³-hybridized carbons (Fsp3) is 0.500. The van der Waals surface area contributed by atoms with Crippen LogP contribution in [0, 0.1) is 5.92 Å². The van der Waals surface area contributed by atoms with Crippen LogP contribution in [0.3, 0.4) is 0 Å². The summed E-state index contributed by atoms with van der Waals surface area (Å²) in [6.07, 6.45) is 4.21. The number of hydrogen-bond donors (Lipinski definition) is 1. The summed E-state index contributed by atoms with van der Waals surface area (Å²) in [5.74, 6) is -1.33. The SMILES string of the molecule is CCCC[C@@H](CC)COC(=O)c1ccccc1C(=O)O. The summed E-state index contributed by atoms with van der Waals surface area (Å²) < 4.78 is 5.27. The first kappa shape index (κ1) is 16.2. The topological polar surface area (TPSA) is 63.6 Å². The summed E-state index contributed by atoms with van der Waals surface area (Å²) in [5.41, 5.74) is 0.101. The number of unbranched alkanes of at least 4 members (excludes halogenated alkanes) is 1. The molecule has 4 nitrogen and oxygen atoms in total. The van der Waals surface area contributed by atoms with Gasteiger partial charge in [-0.2, -0.15) is 0 Å². The van der Waals surface area contributed by atoms with Crippen LogP contribution in [0.25, 0.3) is 0 Å². The van der Waals surface area contributed by atoms with Gasteiger partial charge in [-0.25, -0.2) is 9.59 Å². The summed E-state index contributed by atoms with van der Waals surface area (Å²) in [5, 5.41) is 9.05. The molecule has 0 aliphatic rings. The largest absolute Gasteiger partial charge is 0.478 e. The van der Waals surface area contributed by atoms with Crippen LogP contribution in [-0.4, -0.2) is 23.7 Å². The molecule has 0 bridgehead atoms. The molecule has 0 saturated carbocycles. The Balaban J connectivity index is 2.65. The van der Waals surface area contributed by atoms with E-state index in [1.165, 1.54) is 12.1 Å². The zero-order chi connectivity index (χ0) is 15.0. The average molecular weight is 278 g/mol. The predicted octanol–water partition coefficient (Wildman–Crippen LogP) is 3.76. The van der Waals surface area contributed by atoms with Crippen LogP contribution in [0.2, 0.25) is 0 Å². The zero-order valence-electron chi connectivity index (χ0n) is 12.1. The highest BCUT2D eigenvalue weighted by Gasteiger charge is 2.18. The van der Waals surface area contributed by atoms with Crippen molar-refractivity contribution in [2.24, 2.45) is 5.92 Å². The van der Waals surface area contributed by atoms with Gasteiger partial charge in [0.2, 0.25) is 0 Å². The minimum absolute atomic E-state index is 0.0147. The Morgan fingerprint density at radius 2 is 1.85 bits per heavy atom. The van der Waals surface area contributed by atoms with E-state index in [2.05, 4.69) is 13.8 Å². The number of benzene rings is 1. The minimum atomic E-state index is -1.12. The van der Waals surface area contributed by atoms with Gasteiger partial charge in [-0.1, -0.05) is 45.2 Å². The molecule has 0 amide bonds. The Morgan fingerprint density at radius 1 is 1.20 bits per heavy atom. The number of carbonyl (C=O) groups is 2. The van der Waals surface area contributed by atoms with Crippen molar-refractivity contribution in [3.8, 4) is 0 Å². The monoisotopic (exact) mass is 278 g/mol. The second-order valence-electron chi connectivity index (χ2n) is 4.87. The van der Waals surface area contributed by atoms with Gasteiger partial charge >= 0.3 is 11.9 Å². The van der Waals surface area contributed by atoms with Crippen LogP contribution < -0.4 is 0 Å². The van der Waals surface area contributed by atoms with Crippen LogP contribution in [0.5, 0.6) is 0 Å². The van der Waals surface area contributed by atoms with E-state index in [0.717, 1.165) is 25.7 Å². The summed E-state index contributed by atoms with van der Waals surface area (Å²) in [6, 6.07) is 6.12. The summed E-state index contributed by atoms with van der Waals surface area (Å²) in [6.45, 7) is 4.55. The van der Waals surface area contributed by atoms with Crippen LogP contribution >= 0.6 is 0 Å². The first-order valence-electron chi connectivity index (χ1n) is 7.09. The number of carboxylic acids is 1. The van der Waals surface area contributed by atoms with Gasteiger partial charge in [0.15, 0.2) is 0 Å². The lowest BCUT2D eigenvalue weighted by Gasteiger charge is -2.15. The van der Waals surface area contributed by atoms with E-state index in [9.17, 15) is 9.59 Å². The minimum Gasteiger partial charge on any atom is -0.478 e. The second-order valence-corrected chi connectivity index (χ2v) is 4.87. The van der Waals surface area contributed by atoms with Crippen molar-refractivity contribution in [2.75, 3.05) is 6.61 Å². The predicted molar refractivity (Wildman–Crippen MR) is 77.0 cm³/mol. The van der Waals surface area contributed by atoms with Gasteiger partial charge < -0.3 is 9.84 Å². The fourth-order valence-corrected chi connectivity index (χ4v) is 2.02. The number of aromatic carboxylic acids is 1. The molecule has 0 aromatic heterocycles. The van der Waals surface area contributed by atoms with Crippen LogP contribution in [0.15, 0.2) is 24.3 Å². The zero-order valence-corrected chi connectivity index (χ0v) is 12.1. The maximum Gasteiger partial charge on any atom is 0.339 e. The molecule has 4 heteroatoms. The van der Waals surface area contributed by atoms with Gasteiger partial charge in [0, 0.05) is 0 Å². The molecule has 0 aliphatic heterocycles. The van der Waals surface area contributed by atoms with Crippen molar-refractivity contribution < 1.29 is 19.4 Å². The fourth-order valence-electron chi connectivity index (χ4n) is 2.02. The van der Waals surface area contributed by atoms with Crippen molar-refractivity contribution in [1.82, 2.24) is 0 Å². The Morgan fingerprint density at radius 3 is 2.40 bits per heavy atom. The van der Waals surface area contributed by atoms with Crippen LogP contribution in [0.4, 0.5) is 0 Å². The Kier molecular flexibility index (Phi) is 6.77. The highest BCUT2D eigenvalue weighted by atomic mass is 16.5.